The summed E-state index contributed by atoms with van der Waals surface area (Å²) >= 11 is 0. The van der Waals surface area contributed by atoms with Gasteiger partial charge in [-0.15, -0.1) is 0 Å². The third kappa shape index (κ3) is 4.03. The summed E-state index contributed by atoms with van der Waals surface area (Å²) in [4.78, 5) is 0.383. The second-order valence-electron chi connectivity index (χ2n) is 5.47. The number of rotatable bonds is 7. The summed E-state index contributed by atoms with van der Waals surface area (Å²) in [6.45, 7) is 2.64. The van der Waals surface area contributed by atoms with Gasteiger partial charge in [0.05, 0.1) is 11.5 Å². The highest BCUT2D eigenvalue weighted by Gasteiger charge is 2.32. The maximum atomic E-state index is 12.6. The number of hydrogen-bond donors (Lipinski definition) is 1. The van der Waals surface area contributed by atoms with E-state index in [4.69, 9.17) is 4.74 Å². The van der Waals surface area contributed by atoms with Crippen molar-refractivity contribution in [1.82, 2.24) is 9.62 Å². The second kappa shape index (κ2) is 7.35. The molecule has 0 saturated carbocycles. The Balaban J connectivity index is 2.06. The first kappa shape index (κ1) is 16.4. The molecular weight excluding hydrogens is 288 g/mol. The summed E-state index contributed by atoms with van der Waals surface area (Å²) in [5, 5.41) is 3.08. The number of nitrogens with zero attached hydrogens (tertiary/aromatic N) is 1. The Kier molecular flexibility index (Phi) is 5.75. The lowest BCUT2D eigenvalue weighted by atomic mass is 10.1. The van der Waals surface area contributed by atoms with Gasteiger partial charge in [-0.2, -0.15) is 4.31 Å². The van der Waals surface area contributed by atoms with Crippen molar-refractivity contribution in [2.75, 3.05) is 40.4 Å². The number of methoxy groups -OCH3 is 1. The molecule has 5 nitrogen and oxygen atoms in total. The Morgan fingerprint density at radius 2 is 2.05 bits per heavy atom. The van der Waals surface area contributed by atoms with Crippen LogP contribution in [0, 0.1) is 5.92 Å². The molecule has 1 fully saturated rings. The molecule has 1 N–H and O–H groups in total. The fourth-order valence-corrected chi connectivity index (χ4v) is 4.16. The summed E-state index contributed by atoms with van der Waals surface area (Å²) < 4.78 is 31.9. The van der Waals surface area contributed by atoms with E-state index in [1.54, 1.807) is 23.5 Å². The van der Waals surface area contributed by atoms with Crippen LogP contribution in [0.3, 0.4) is 0 Å². The van der Waals surface area contributed by atoms with Gasteiger partial charge in [-0.1, -0.05) is 12.1 Å². The van der Waals surface area contributed by atoms with Crippen LogP contribution in [0.15, 0.2) is 29.2 Å². The van der Waals surface area contributed by atoms with Gasteiger partial charge < -0.3 is 10.1 Å². The molecule has 1 aromatic carbocycles. The predicted octanol–water partition coefficient (Wildman–Crippen LogP) is 1.11. The molecule has 1 aromatic rings. The van der Waals surface area contributed by atoms with E-state index in [2.05, 4.69) is 5.32 Å². The van der Waals surface area contributed by atoms with Gasteiger partial charge in [-0.05, 0) is 50.0 Å². The van der Waals surface area contributed by atoms with Crippen LogP contribution in [0.4, 0.5) is 0 Å². The van der Waals surface area contributed by atoms with Gasteiger partial charge >= 0.3 is 0 Å². The minimum absolute atomic E-state index is 0.305. The van der Waals surface area contributed by atoms with Gasteiger partial charge in [0, 0.05) is 20.2 Å². The molecule has 0 spiro atoms. The van der Waals surface area contributed by atoms with Gasteiger partial charge in [0.2, 0.25) is 10.0 Å². The zero-order valence-electron chi connectivity index (χ0n) is 12.7. The van der Waals surface area contributed by atoms with E-state index < -0.39 is 10.0 Å². The fraction of sp³-hybridized carbons (Fsp3) is 0.600. The molecular formula is C15H24N2O3S. The highest BCUT2D eigenvalue weighted by atomic mass is 32.2. The van der Waals surface area contributed by atoms with E-state index in [0.29, 0.717) is 30.5 Å². The molecule has 0 amide bonds. The monoisotopic (exact) mass is 312 g/mol. The average Bonchev–Trinajstić information content (AvgIpc) is 2.95. The quantitative estimate of drug-likeness (QED) is 0.819. The second-order valence-corrected chi connectivity index (χ2v) is 7.41. The molecule has 2 rings (SSSR count). The van der Waals surface area contributed by atoms with Crippen molar-refractivity contribution < 1.29 is 13.2 Å². The van der Waals surface area contributed by atoms with E-state index in [-0.39, 0.29) is 0 Å². The van der Waals surface area contributed by atoms with Crippen molar-refractivity contribution >= 4 is 10.0 Å². The zero-order chi connectivity index (χ0) is 15.3. The minimum Gasteiger partial charge on any atom is -0.384 e. The molecule has 118 valence electrons. The van der Waals surface area contributed by atoms with Crippen LogP contribution in [-0.2, 0) is 21.2 Å². The molecule has 6 heteroatoms. The fourth-order valence-electron chi connectivity index (χ4n) is 2.63. The first-order valence-electron chi connectivity index (χ1n) is 7.30. The molecule has 1 aliphatic heterocycles. The molecule has 1 heterocycles. The van der Waals surface area contributed by atoms with E-state index in [1.807, 2.05) is 19.2 Å². The van der Waals surface area contributed by atoms with E-state index in [0.717, 1.165) is 24.9 Å². The van der Waals surface area contributed by atoms with E-state index in [9.17, 15) is 8.42 Å². The van der Waals surface area contributed by atoms with Crippen LogP contribution in [0.5, 0.6) is 0 Å². The Morgan fingerprint density at radius 1 is 1.33 bits per heavy atom. The van der Waals surface area contributed by atoms with Crippen LogP contribution in [0.25, 0.3) is 0 Å². The normalized spacial score (nSPS) is 20.0. The number of nitrogens with one attached hydrogen (secondary N) is 1. The highest BCUT2D eigenvalue weighted by molar-refractivity contribution is 7.89. The number of likely N-dealkylation sites (N-methyl/N-ethyl adjacent to an activating group) is 1. The third-order valence-corrected chi connectivity index (χ3v) is 5.76. The summed E-state index contributed by atoms with van der Waals surface area (Å²) in [6.07, 6.45) is 1.77. The molecule has 0 radical (unpaired) electrons. The van der Waals surface area contributed by atoms with E-state index >= 15 is 0 Å². The number of benzene rings is 1. The largest absolute Gasteiger partial charge is 0.384 e. The molecule has 0 aromatic heterocycles. The van der Waals surface area contributed by atoms with Crippen LogP contribution in [0.1, 0.15) is 12.0 Å². The van der Waals surface area contributed by atoms with Crippen LogP contribution >= 0.6 is 0 Å². The number of ether oxygens (including phenoxy) is 1. The lowest BCUT2D eigenvalue weighted by molar-refractivity contribution is 0.157. The maximum absolute atomic E-state index is 12.6. The van der Waals surface area contributed by atoms with Crippen molar-refractivity contribution in [3.8, 4) is 0 Å². The number of hydrogen-bond acceptors (Lipinski definition) is 4. The lowest BCUT2D eigenvalue weighted by Crippen LogP contribution is -2.29. The Labute approximate surface area is 127 Å². The zero-order valence-corrected chi connectivity index (χ0v) is 13.5. The topological polar surface area (TPSA) is 58.6 Å². The summed E-state index contributed by atoms with van der Waals surface area (Å²) in [5.74, 6) is 0.305. The highest BCUT2D eigenvalue weighted by Crippen LogP contribution is 2.24. The van der Waals surface area contributed by atoms with Crippen molar-refractivity contribution in [2.45, 2.75) is 17.7 Å². The van der Waals surface area contributed by atoms with Crippen LogP contribution in [-0.4, -0.2) is 53.1 Å². The molecule has 21 heavy (non-hydrogen) atoms. The van der Waals surface area contributed by atoms with Gasteiger partial charge in [0.1, 0.15) is 0 Å². The SMILES string of the molecule is CNCCc1ccc(S(=O)(=O)N2CCC(COC)C2)cc1. The van der Waals surface area contributed by atoms with Gasteiger partial charge in [0.15, 0.2) is 0 Å². The standard InChI is InChI=1S/C15H24N2O3S/c1-16-9-7-13-3-5-15(6-4-13)21(18,19)17-10-8-14(11-17)12-20-2/h3-6,14,16H,7-12H2,1-2H3. The third-order valence-electron chi connectivity index (χ3n) is 3.88. The first-order valence-corrected chi connectivity index (χ1v) is 8.74. The Morgan fingerprint density at radius 3 is 2.67 bits per heavy atom. The van der Waals surface area contributed by atoms with Gasteiger partial charge in [0.25, 0.3) is 0 Å². The van der Waals surface area contributed by atoms with Gasteiger partial charge in [-0.25, -0.2) is 8.42 Å². The van der Waals surface area contributed by atoms with Crippen molar-refractivity contribution in [3.05, 3.63) is 29.8 Å². The van der Waals surface area contributed by atoms with Crippen LogP contribution in [0.2, 0.25) is 0 Å². The summed E-state index contributed by atoms with van der Waals surface area (Å²) in [7, 11) is 0.194. The molecule has 1 atom stereocenters. The van der Waals surface area contributed by atoms with Crippen molar-refractivity contribution in [2.24, 2.45) is 5.92 Å². The summed E-state index contributed by atoms with van der Waals surface area (Å²) in [6, 6.07) is 7.22. The molecule has 0 bridgehead atoms. The summed E-state index contributed by atoms with van der Waals surface area (Å²) in [5.41, 5.74) is 1.14. The average molecular weight is 312 g/mol. The first-order chi connectivity index (χ1) is 10.1. The number of sulfonamides is 1. The Bertz CT molecular complexity index is 543. The van der Waals surface area contributed by atoms with Gasteiger partial charge in [-0.3, -0.25) is 0 Å². The van der Waals surface area contributed by atoms with Crippen molar-refractivity contribution in [3.63, 3.8) is 0 Å². The smallest absolute Gasteiger partial charge is 0.243 e. The molecule has 0 aliphatic carbocycles. The minimum atomic E-state index is -3.37. The molecule has 1 aliphatic rings. The lowest BCUT2D eigenvalue weighted by Gasteiger charge is -2.16. The van der Waals surface area contributed by atoms with E-state index in [1.165, 1.54) is 0 Å². The Hall–Kier alpha value is -0.950. The maximum Gasteiger partial charge on any atom is 0.243 e. The molecule has 1 saturated heterocycles. The predicted molar refractivity (Wildman–Crippen MR) is 82.8 cm³/mol. The van der Waals surface area contributed by atoms with Crippen molar-refractivity contribution in [1.29, 1.82) is 0 Å². The molecule has 1 unspecified atom stereocenters. The van der Waals surface area contributed by atoms with Crippen LogP contribution < -0.4 is 5.32 Å².